The van der Waals surface area contributed by atoms with Crippen LogP contribution >= 0.6 is 11.6 Å². The number of benzene rings is 1. The number of hydrogen-bond acceptors (Lipinski definition) is 4. The summed E-state index contributed by atoms with van der Waals surface area (Å²) in [5, 5.41) is 10.8. The van der Waals surface area contributed by atoms with Gasteiger partial charge in [0.25, 0.3) is 5.69 Å². The Morgan fingerprint density at radius 3 is 2.88 bits per heavy atom. The quantitative estimate of drug-likeness (QED) is 0.636. The lowest BCUT2D eigenvalue weighted by molar-refractivity contribution is -0.384. The van der Waals surface area contributed by atoms with E-state index in [2.05, 4.69) is 0 Å². The molecule has 0 aromatic heterocycles. The number of ether oxygens (including phenoxy) is 1. The standard InChI is InChI=1S/C10H13ClN2O3/c1-7(5-12)16-6-8-2-3-9(11)10(4-8)13(14)15/h2-4,7H,5-6,12H2,1H3. The highest BCUT2D eigenvalue weighted by Crippen LogP contribution is 2.25. The van der Waals surface area contributed by atoms with Gasteiger partial charge in [-0.3, -0.25) is 10.1 Å². The zero-order chi connectivity index (χ0) is 12.1. The Balaban J connectivity index is 2.75. The normalized spacial score (nSPS) is 12.4. The predicted molar refractivity (Wildman–Crippen MR) is 61.4 cm³/mol. The Bertz CT molecular complexity index is 384. The van der Waals surface area contributed by atoms with Crippen LogP contribution in [0.2, 0.25) is 5.02 Å². The molecule has 5 nitrogen and oxygen atoms in total. The molecule has 1 atom stereocenters. The first-order valence-electron chi connectivity index (χ1n) is 4.79. The fraction of sp³-hybridized carbons (Fsp3) is 0.400. The highest BCUT2D eigenvalue weighted by molar-refractivity contribution is 6.32. The molecule has 0 aliphatic rings. The van der Waals surface area contributed by atoms with Gasteiger partial charge < -0.3 is 10.5 Å². The molecule has 0 aliphatic carbocycles. The number of halogens is 1. The lowest BCUT2D eigenvalue weighted by Gasteiger charge is -2.10. The van der Waals surface area contributed by atoms with Gasteiger partial charge in [-0.15, -0.1) is 0 Å². The van der Waals surface area contributed by atoms with Crippen LogP contribution in [0.1, 0.15) is 12.5 Å². The zero-order valence-corrected chi connectivity index (χ0v) is 9.61. The van der Waals surface area contributed by atoms with Crippen molar-refractivity contribution in [1.29, 1.82) is 0 Å². The van der Waals surface area contributed by atoms with Crippen molar-refractivity contribution in [1.82, 2.24) is 0 Å². The maximum atomic E-state index is 10.6. The molecule has 0 amide bonds. The monoisotopic (exact) mass is 244 g/mol. The van der Waals surface area contributed by atoms with E-state index in [1.807, 2.05) is 6.92 Å². The number of nitrogens with zero attached hydrogens (tertiary/aromatic N) is 1. The van der Waals surface area contributed by atoms with E-state index in [1.165, 1.54) is 12.1 Å². The molecule has 1 aromatic rings. The highest BCUT2D eigenvalue weighted by atomic mass is 35.5. The molecule has 1 rings (SSSR count). The molecule has 0 heterocycles. The van der Waals surface area contributed by atoms with Crippen LogP contribution in [0, 0.1) is 10.1 Å². The highest BCUT2D eigenvalue weighted by Gasteiger charge is 2.12. The molecule has 0 saturated heterocycles. The predicted octanol–water partition coefficient (Wildman–Crippen LogP) is 2.11. The Kier molecular flexibility index (Phi) is 4.67. The van der Waals surface area contributed by atoms with Crippen LogP contribution in [0.15, 0.2) is 18.2 Å². The SMILES string of the molecule is CC(CN)OCc1ccc(Cl)c([N+](=O)[O-])c1. The molecule has 0 aliphatic heterocycles. The van der Waals surface area contributed by atoms with Crippen LogP contribution in [-0.4, -0.2) is 17.6 Å². The first-order valence-corrected chi connectivity index (χ1v) is 5.17. The molecular weight excluding hydrogens is 232 g/mol. The summed E-state index contributed by atoms with van der Waals surface area (Å²) in [7, 11) is 0. The van der Waals surface area contributed by atoms with Gasteiger partial charge in [0.05, 0.1) is 17.6 Å². The van der Waals surface area contributed by atoms with Crippen molar-refractivity contribution in [2.24, 2.45) is 5.73 Å². The van der Waals surface area contributed by atoms with Crippen LogP contribution in [0.4, 0.5) is 5.69 Å². The van der Waals surface area contributed by atoms with E-state index < -0.39 is 4.92 Å². The smallest absolute Gasteiger partial charge is 0.288 e. The first kappa shape index (κ1) is 12.9. The van der Waals surface area contributed by atoms with Crippen molar-refractivity contribution in [2.45, 2.75) is 19.6 Å². The van der Waals surface area contributed by atoms with Crippen molar-refractivity contribution in [2.75, 3.05) is 6.54 Å². The van der Waals surface area contributed by atoms with E-state index in [-0.39, 0.29) is 23.4 Å². The summed E-state index contributed by atoms with van der Waals surface area (Å²) < 4.78 is 5.36. The number of hydrogen-bond donors (Lipinski definition) is 1. The number of nitrogens with two attached hydrogens (primary N) is 1. The molecule has 0 fully saturated rings. The minimum absolute atomic E-state index is 0.0743. The third-order valence-electron chi connectivity index (χ3n) is 2.07. The summed E-state index contributed by atoms with van der Waals surface area (Å²) in [6.07, 6.45) is -0.0743. The second kappa shape index (κ2) is 5.79. The fourth-order valence-electron chi connectivity index (χ4n) is 1.09. The van der Waals surface area contributed by atoms with Crippen LogP contribution in [0.5, 0.6) is 0 Å². The Morgan fingerprint density at radius 2 is 2.31 bits per heavy atom. The van der Waals surface area contributed by atoms with Crippen molar-refractivity contribution >= 4 is 17.3 Å². The summed E-state index contributed by atoms with van der Waals surface area (Å²) in [6, 6.07) is 4.59. The topological polar surface area (TPSA) is 78.4 Å². The van der Waals surface area contributed by atoms with Gasteiger partial charge in [0.15, 0.2) is 0 Å². The first-order chi connectivity index (χ1) is 7.54. The molecule has 1 unspecified atom stereocenters. The average Bonchev–Trinajstić information content (AvgIpc) is 2.27. The fourth-order valence-corrected chi connectivity index (χ4v) is 1.28. The Hall–Kier alpha value is -1.17. The molecule has 1 aromatic carbocycles. The van der Waals surface area contributed by atoms with E-state index in [0.29, 0.717) is 12.1 Å². The Morgan fingerprint density at radius 1 is 1.62 bits per heavy atom. The van der Waals surface area contributed by atoms with Crippen LogP contribution < -0.4 is 5.73 Å². The molecule has 2 N–H and O–H groups in total. The average molecular weight is 245 g/mol. The third-order valence-corrected chi connectivity index (χ3v) is 2.39. The lowest BCUT2D eigenvalue weighted by atomic mass is 10.2. The third kappa shape index (κ3) is 3.44. The summed E-state index contributed by atoms with van der Waals surface area (Å²) in [5.74, 6) is 0. The van der Waals surface area contributed by atoms with Gasteiger partial charge in [-0.2, -0.15) is 0 Å². The van der Waals surface area contributed by atoms with Gasteiger partial charge in [-0.1, -0.05) is 17.7 Å². The second-order valence-electron chi connectivity index (χ2n) is 3.40. The molecular formula is C10H13ClN2O3. The van der Waals surface area contributed by atoms with E-state index >= 15 is 0 Å². The minimum atomic E-state index is -0.516. The second-order valence-corrected chi connectivity index (χ2v) is 3.81. The molecule has 6 heteroatoms. The number of rotatable bonds is 5. The number of nitro groups is 1. The van der Waals surface area contributed by atoms with Gasteiger partial charge in [-0.05, 0) is 18.6 Å². The maximum absolute atomic E-state index is 10.6. The van der Waals surface area contributed by atoms with Gasteiger partial charge in [-0.25, -0.2) is 0 Å². The summed E-state index contributed by atoms with van der Waals surface area (Å²) in [5.41, 5.74) is 5.98. The summed E-state index contributed by atoms with van der Waals surface area (Å²) >= 11 is 5.68. The van der Waals surface area contributed by atoms with Gasteiger partial charge in [0.1, 0.15) is 5.02 Å². The van der Waals surface area contributed by atoms with Crippen molar-refractivity contribution in [3.8, 4) is 0 Å². The van der Waals surface area contributed by atoms with E-state index in [0.717, 1.165) is 0 Å². The summed E-state index contributed by atoms with van der Waals surface area (Å²) in [4.78, 5) is 10.1. The van der Waals surface area contributed by atoms with Gasteiger partial charge in [0.2, 0.25) is 0 Å². The van der Waals surface area contributed by atoms with Crippen LogP contribution in [0.25, 0.3) is 0 Å². The van der Waals surface area contributed by atoms with Gasteiger partial charge in [0, 0.05) is 12.6 Å². The number of nitro benzene ring substituents is 1. The molecule has 0 spiro atoms. The molecule has 0 saturated carbocycles. The minimum Gasteiger partial charge on any atom is -0.373 e. The van der Waals surface area contributed by atoms with E-state index in [1.54, 1.807) is 6.07 Å². The zero-order valence-electron chi connectivity index (χ0n) is 8.85. The van der Waals surface area contributed by atoms with E-state index in [4.69, 9.17) is 22.1 Å². The van der Waals surface area contributed by atoms with Gasteiger partial charge >= 0.3 is 0 Å². The maximum Gasteiger partial charge on any atom is 0.288 e. The molecule has 88 valence electrons. The van der Waals surface area contributed by atoms with Crippen molar-refractivity contribution in [3.63, 3.8) is 0 Å². The largest absolute Gasteiger partial charge is 0.373 e. The Labute approximate surface area is 98.3 Å². The van der Waals surface area contributed by atoms with Crippen LogP contribution in [-0.2, 0) is 11.3 Å². The molecule has 16 heavy (non-hydrogen) atoms. The van der Waals surface area contributed by atoms with Crippen LogP contribution in [0.3, 0.4) is 0 Å². The van der Waals surface area contributed by atoms with E-state index in [9.17, 15) is 10.1 Å². The van der Waals surface area contributed by atoms with Crippen molar-refractivity contribution in [3.05, 3.63) is 38.9 Å². The lowest BCUT2D eigenvalue weighted by Crippen LogP contribution is -2.19. The molecule has 0 bridgehead atoms. The summed E-state index contributed by atoms with van der Waals surface area (Å²) in [6.45, 7) is 2.54. The van der Waals surface area contributed by atoms with Crippen molar-refractivity contribution < 1.29 is 9.66 Å². The molecule has 0 radical (unpaired) electrons.